The number of halogens is 1. The van der Waals surface area contributed by atoms with Gasteiger partial charge in [-0.2, -0.15) is 0 Å². The van der Waals surface area contributed by atoms with E-state index in [1.54, 1.807) is 0 Å². The Morgan fingerprint density at radius 1 is 1.20 bits per heavy atom. The average Bonchev–Trinajstić information content (AvgIpc) is 2.96. The van der Waals surface area contributed by atoms with Crippen molar-refractivity contribution in [3.8, 4) is 0 Å². The summed E-state index contributed by atoms with van der Waals surface area (Å²) < 4.78 is 0. The summed E-state index contributed by atoms with van der Waals surface area (Å²) in [5.74, 6) is -2.19. The Bertz CT molecular complexity index is 606. The lowest BCUT2D eigenvalue weighted by molar-refractivity contribution is -0.122. The van der Waals surface area contributed by atoms with E-state index in [0.29, 0.717) is 12.8 Å². The van der Waals surface area contributed by atoms with Gasteiger partial charge in [0.05, 0.1) is 28.1 Å². The molecule has 2 aliphatic rings. The van der Waals surface area contributed by atoms with E-state index in [9.17, 15) is 14.4 Å². The van der Waals surface area contributed by atoms with Gasteiger partial charge in [0, 0.05) is 0 Å². The molecule has 1 aliphatic carbocycles. The molecule has 0 aromatic heterocycles. The second kappa shape index (κ2) is 4.59. The number of carboxylic acid groups (broad SMARTS) is 1. The standard InChI is InChI=1S/C14H12ClNO4/c15-10-5-4-7(14(19)20)6-11(10)16-12(17)8-2-1-3-9(8)13(16)18/h4-6,8-9H,1-3H2,(H,19,20). The monoisotopic (exact) mass is 293 g/mol. The minimum atomic E-state index is -1.12. The van der Waals surface area contributed by atoms with Crippen LogP contribution in [0.3, 0.4) is 0 Å². The molecule has 5 nitrogen and oxygen atoms in total. The first-order valence-corrected chi connectivity index (χ1v) is 6.79. The molecule has 6 heteroatoms. The largest absolute Gasteiger partial charge is 0.478 e. The highest BCUT2D eigenvalue weighted by Gasteiger charge is 2.50. The van der Waals surface area contributed by atoms with Crippen LogP contribution < -0.4 is 4.90 Å². The Balaban J connectivity index is 2.05. The molecule has 1 heterocycles. The van der Waals surface area contributed by atoms with Gasteiger partial charge < -0.3 is 5.11 Å². The fourth-order valence-electron chi connectivity index (χ4n) is 3.05. The lowest BCUT2D eigenvalue weighted by Gasteiger charge is -2.17. The normalized spacial score (nSPS) is 25.1. The van der Waals surface area contributed by atoms with Crippen LogP contribution in [0.1, 0.15) is 29.6 Å². The van der Waals surface area contributed by atoms with Crippen LogP contribution in [0.4, 0.5) is 5.69 Å². The zero-order valence-electron chi connectivity index (χ0n) is 10.5. The zero-order chi connectivity index (χ0) is 14.4. The molecule has 2 amide bonds. The fourth-order valence-corrected chi connectivity index (χ4v) is 3.25. The minimum absolute atomic E-state index is 0.00191. The van der Waals surface area contributed by atoms with Gasteiger partial charge >= 0.3 is 5.97 Å². The van der Waals surface area contributed by atoms with Crippen LogP contribution >= 0.6 is 11.6 Å². The zero-order valence-corrected chi connectivity index (χ0v) is 11.3. The Morgan fingerprint density at radius 2 is 1.80 bits per heavy atom. The number of hydrogen-bond acceptors (Lipinski definition) is 3. The van der Waals surface area contributed by atoms with Crippen molar-refractivity contribution in [1.29, 1.82) is 0 Å². The number of carbonyl (C=O) groups excluding carboxylic acids is 2. The minimum Gasteiger partial charge on any atom is -0.478 e. The molecular formula is C14H12ClNO4. The summed E-state index contributed by atoms with van der Waals surface area (Å²) in [4.78, 5) is 36.7. The molecule has 1 N–H and O–H groups in total. The van der Waals surface area contributed by atoms with E-state index >= 15 is 0 Å². The van der Waals surface area contributed by atoms with Crippen molar-refractivity contribution in [2.75, 3.05) is 4.90 Å². The molecule has 104 valence electrons. The maximum absolute atomic E-state index is 12.3. The predicted molar refractivity (Wildman–Crippen MR) is 71.7 cm³/mol. The molecular weight excluding hydrogens is 282 g/mol. The lowest BCUT2D eigenvalue weighted by atomic mass is 10.00. The summed E-state index contributed by atoms with van der Waals surface area (Å²) >= 11 is 6.03. The molecule has 0 bridgehead atoms. The van der Waals surface area contributed by atoms with E-state index in [0.717, 1.165) is 11.3 Å². The highest BCUT2D eigenvalue weighted by molar-refractivity contribution is 6.36. The van der Waals surface area contributed by atoms with Crippen LogP contribution in [-0.2, 0) is 9.59 Å². The van der Waals surface area contributed by atoms with E-state index in [1.165, 1.54) is 18.2 Å². The summed E-state index contributed by atoms with van der Waals surface area (Å²) in [6.07, 6.45) is 2.30. The molecule has 1 saturated heterocycles. The van der Waals surface area contributed by atoms with E-state index in [2.05, 4.69) is 0 Å². The number of imide groups is 1. The summed E-state index contributed by atoms with van der Waals surface area (Å²) in [6.45, 7) is 0. The Kier molecular flexibility index (Phi) is 3.01. The average molecular weight is 294 g/mol. The Labute approximate surface area is 120 Å². The first-order chi connectivity index (χ1) is 9.50. The van der Waals surface area contributed by atoms with Crippen LogP contribution in [-0.4, -0.2) is 22.9 Å². The first-order valence-electron chi connectivity index (χ1n) is 6.41. The Hall–Kier alpha value is -1.88. The lowest BCUT2D eigenvalue weighted by Crippen LogP contribution is -2.32. The van der Waals surface area contributed by atoms with Gasteiger partial charge in [-0.15, -0.1) is 0 Å². The van der Waals surface area contributed by atoms with Gasteiger partial charge in [0.1, 0.15) is 0 Å². The maximum atomic E-state index is 12.3. The number of aromatic carboxylic acids is 1. The molecule has 1 aromatic carbocycles. The topological polar surface area (TPSA) is 74.7 Å². The fraction of sp³-hybridized carbons (Fsp3) is 0.357. The van der Waals surface area contributed by atoms with Crippen LogP contribution in [0, 0.1) is 11.8 Å². The van der Waals surface area contributed by atoms with Gasteiger partial charge in [0.15, 0.2) is 0 Å². The van der Waals surface area contributed by atoms with Gasteiger partial charge in [-0.1, -0.05) is 18.0 Å². The molecule has 1 aliphatic heterocycles. The second-order valence-corrected chi connectivity index (χ2v) is 5.53. The molecule has 0 spiro atoms. The summed E-state index contributed by atoms with van der Waals surface area (Å²) in [6, 6.07) is 4.02. The number of anilines is 1. The summed E-state index contributed by atoms with van der Waals surface area (Å²) in [5.41, 5.74) is 0.179. The van der Waals surface area contributed by atoms with Crippen LogP contribution in [0.15, 0.2) is 18.2 Å². The Morgan fingerprint density at radius 3 is 2.35 bits per heavy atom. The third-order valence-electron chi connectivity index (χ3n) is 4.03. The maximum Gasteiger partial charge on any atom is 0.335 e. The smallest absolute Gasteiger partial charge is 0.335 e. The molecule has 2 atom stereocenters. The highest BCUT2D eigenvalue weighted by Crippen LogP contribution is 2.43. The molecule has 3 rings (SSSR count). The SMILES string of the molecule is O=C(O)c1ccc(Cl)c(N2C(=O)C3CCCC3C2=O)c1. The summed E-state index contributed by atoms with van der Waals surface area (Å²) in [5, 5.41) is 9.21. The van der Waals surface area contributed by atoms with Crippen molar-refractivity contribution in [3.05, 3.63) is 28.8 Å². The van der Waals surface area contributed by atoms with E-state index in [-0.39, 0.29) is 39.9 Å². The molecule has 1 aromatic rings. The van der Waals surface area contributed by atoms with E-state index in [4.69, 9.17) is 16.7 Å². The third-order valence-corrected chi connectivity index (χ3v) is 4.34. The molecule has 2 unspecified atom stereocenters. The first kappa shape index (κ1) is 13.1. The number of carboxylic acids is 1. The van der Waals surface area contributed by atoms with Crippen LogP contribution in [0.2, 0.25) is 5.02 Å². The number of benzene rings is 1. The van der Waals surface area contributed by atoms with Gasteiger partial charge in [-0.05, 0) is 31.0 Å². The number of hydrogen-bond donors (Lipinski definition) is 1. The van der Waals surface area contributed by atoms with Gasteiger partial charge in [0.2, 0.25) is 11.8 Å². The van der Waals surface area contributed by atoms with Crippen molar-refractivity contribution in [3.63, 3.8) is 0 Å². The number of amides is 2. The second-order valence-electron chi connectivity index (χ2n) is 5.13. The van der Waals surface area contributed by atoms with Crippen molar-refractivity contribution in [2.45, 2.75) is 19.3 Å². The third kappa shape index (κ3) is 1.81. The van der Waals surface area contributed by atoms with E-state index in [1.807, 2.05) is 0 Å². The number of fused-ring (bicyclic) bond motifs is 1. The molecule has 20 heavy (non-hydrogen) atoms. The number of nitrogens with zero attached hydrogens (tertiary/aromatic N) is 1. The molecule has 2 fully saturated rings. The van der Waals surface area contributed by atoms with Crippen molar-refractivity contribution < 1.29 is 19.5 Å². The molecule has 1 saturated carbocycles. The van der Waals surface area contributed by atoms with Crippen LogP contribution in [0.5, 0.6) is 0 Å². The van der Waals surface area contributed by atoms with Gasteiger partial charge in [-0.3, -0.25) is 9.59 Å². The number of rotatable bonds is 2. The van der Waals surface area contributed by atoms with Crippen molar-refractivity contribution in [1.82, 2.24) is 0 Å². The quantitative estimate of drug-likeness (QED) is 0.849. The van der Waals surface area contributed by atoms with Crippen LogP contribution in [0.25, 0.3) is 0 Å². The number of carbonyl (C=O) groups is 3. The predicted octanol–water partition coefficient (Wildman–Crippen LogP) is 2.33. The van der Waals surface area contributed by atoms with Crippen molar-refractivity contribution in [2.24, 2.45) is 11.8 Å². The highest BCUT2D eigenvalue weighted by atomic mass is 35.5. The van der Waals surface area contributed by atoms with E-state index < -0.39 is 5.97 Å². The molecule has 0 radical (unpaired) electrons. The summed E-state index contributed by atoms with van der Waals surface area (Å²) in [7, 11) is 0. The van der Waals surface area contributed by atoms with Gasteiger partial charge in [-0.25, -0.2) is 9.69 Å². The van der Waals surface area contributed by atoms with Gasteiger partial charge in [0.25, 0.3) is 0 Å². The van der Waals surface area contributed by atoms with Crippen molar-refractivity contribution >= 4 is 35.1 Å².